The average Bonchev–Trinajstić information content (AvgIpc) is 3.21. The van der Waals surface area contributed by atoms with Crippen molar-refractivity contribution in [2.45, 2.75) is 52.1 Å². The highest BCUT2D eigenvalue weighted by Gasteiger charge is 2.29. The summed E-state index contributed by atoms with van der Waals surface area (Å²) < 4.78 is 0. The van der Waals surface area contributed by atoms with E-state index < -0.39 is 0 Å². The number of nitrogens with zero attached hydrogens (tertiary/aromatic N) is 1. The van der Waals surface area contributed by atoms with Gasteiger partial charge in [-0.25, -0.2) is 0 Å². The maximum atomic E-state index is 3.52. The summed E-state index contributed by atoms with van der Waals surface area (Å²) in [5.41, 5.74) is 2.90. The van der Waals surface area contributed by atoms with Gasteiger partial charge < -0.3 is 10.2 Å². The van der Waals surface area contributed by atoms with Crippen LogP contribution in [0.4, 0.5) is 5.69 Å². The van der Waals surface area contributed by atoms with Gasteiger partial charge in [-0.15, -0.1) is 0 Å². The standard InChI is InChI=1S/C16H26N2/c1-3-11-17-13-14-7-5-6-8-16(14)18(12-4-2)15-9-10-15/h5-8,15,17H,3-4,9-13H2,1-2H3. The zero-order chi connectivity index (χ0) is 12.8. The number of anilines is 1. The fraction of sp³-hybridized carbons (Fsp3) is 0.625. The number of hydrogen-bond acceptors (Lipinski definition) is 2. The lowest BCUT2D eigenvalue weighted by molar-refractivity contribution is 0.669. The predicted octanol–water partition coefficient (Wildman–Crippen LogP) is 3.57. The molecule has 2 rings (SSSR count). The second kappa shape index (κ2) is 6.79. The number of rotatable bonds is 8. The van der Waals surface area contributed by atoms with Gasteiger partial charge in [-0.2, -0.15) is 0 Å². The Morgan fingerprint density at radius 3 is 2.61 bits per heavy atom. The van der Waals surface area contributed by atoms with Crippen molar-refractivity contribution in [2.75, 3.05) is 18.0 Å². The van der Waals surface area contributed by atoms with Crippen molar-refractivity contribution in [3.63, 3.8) is 0 Å². The highest BCUT2D eigenvalue weighted by atomic mass is 15.2. The van der Waals surface area contributed by atoms with E-state index in [1.54, 1.807) is 0 Å². The molecule has 0 saturated heterocycles. The number of nitrogens with one attached hydrogen (secondary N) is 1. The van der Waals surface area contributed by atoms with E-state index in [1.807, 2.05) is 0 Å². The zero-order valence-electron chi connectivity index (χ0n) is 11.8. The maximum absolute atomic E-state index is 3.52. The summed E-state index contributed by atoms with van der Waals surface area (Å²) in [7, 11) is 0. The summed E-state index contributed by atoms with van der Waals surface area (Å²) in [6.07, 6.45) is 5.17. The molecule has 1 saturated carbocycles. The molecule has 0 heterocycles. The lowest BCUT2D eigenvalue weighted by Gasteiger charge is -2.27. The second-order valence-corrected chi connectivity index (χ2v) is 5.23. The van der Waals surface area contributed by atoms with E-state index in [2.05, 4.69) is 48.3 Å². The third-order valence-electron chi connectivity index (χ3n) is 3.50. The van der Waals surface area contributed by atoms with Crippen molar-refractivity contribution in [3.05, 3.63) is 29.8 Å². The van der Waals surface area contributed by atoms with Crippen LogP contribution >= 0.6 is 0 Å². The first-order valence-corrected chi connectivity index (χ1v) is 7.42. The van der Waals surface area contributed by atoms with E-state index in [9.17, 15) is 0 Å². The van der Waals surface area contributed by atoms with Crippen LogP contribution in [0.25, 0.3) is 0 Å². The number of para-hydroxylation sites is 1. The molecule has 0 amide bonds. The van der Waals surface area contributed by atoms with Crippen LogP contribution in [0.1, 0.15) is 45.1 Å². The first kappa shape index (κ1) is 13.4. The summed E-state index contributed by atoms with van der Waals surface area (Å²) in [5.74, 6) is 0. The van der Waals surface area contributed by atoms with Gasteiger partial charge in [-0.3, -0.25) is 0 Å². The fourth-order valence-electron chi connectivity index (χ4n) is 2.47. The highest BCUT2D eigenvalue weighted by Crippen LogP contribution is 2.33. The Labute approximate surface area is 111 Å². The second-order valence-electron chi connectivity index (χ2n) is 5.23. The van der Waals surface area contributed by atoms with Gasteiger partial charge in [0.15, 0.2) is 0 Å². The normalized spacial score (nSPS) is 14.8. The third kappa shape index (κ3) is 3.49. The van der Waals surface area contributed by atoms with Gasteiger partial charge in [0, 0.05) is 24.8 Å². The molecule has 2 heteroatoms. The Bertz CT molecular complexity index is 358. The summed E-state index contributed by atoms with van der Waals surface area (Å²) in [6.45, 7) is 7.78. The molecule has 0 aliphatic heterocycles. The topological polar surface area (TPSA) is 15.3 Å². The van der Waals surface area contributed by atoms with Gasteiger partial charge in [0.05, 0.1) is 0 Å². The predicted molar refractivity (Wildman–Crippen MR) is 79.1 cm³/mol. The molecule has 2 nitrogen and oxygen atoms in total. The van der Waals surface area contributed by atoms with Gasteiger partial charge in [-0.1, -0.05) is 32.0 Å². The first-order valence-electron chi connectivity index (χ1n) is 7.42. The minimum atomic E-state index is 0.803. The molecule has 0 atom stereocenters. The minimum Gasteiger partial charge on any atom is -0.368 e. The molecular weight excluding hydrogens is 220 g/mol. The molecule has 100 valence electrons. The first-order chi connectivity index (χ1) is 8.86. The SMILES string of the molecule is CCCNCc1ccccc1N(CCC)C1CC1. The van der Waals surface area contributed by atoms with Crippen molar-refractivity contribution in [3.8, 4) is 0 Å². The van der Waals surface area contributed by atoms with Crippen molar-refractivity contribution >= 4 is 5.69 Å². The number of benzene rings is 1. The number of hydrogen-bond donors (Lipinski definition) is 1. The van der Waals surface area contributed by atoms with Gasteiger partial charge >= 0.3 is 0 Å². The molecule has 1 aromatic carbocycles. The zero-order valence-corrected chi connectivity index (χ0v) is 11.8. The molecular formula is C16H26N2. The largest absolute Gasteiger partial charge is 0.368 e. The molecule has 0 bridgehead atoms. The van der Waals surface area contributed by atoms with Crippen LogP contribution in [-0.2, 0) is 6.54 Å². The van der Waals surface area contributed by atoms with Crippen molar-refractivity contribution in [1.29, 1.82) is 0 Å². The molecule has 18 heavy (non-hydrogen) atoms. The molecule has 1 aliphatic rings. The van der Waals surface area contributed by atoms with E-state index in [-0.39, 0.29) is 0 Å². The van der Waals surface area contributed by atoms with Crippen LogP contribution in [0.2, 0.25) is 0 Å². The smallest absolute Gasteiger partial charge is 0.0414 e. The van der Waals surface area contributed by atoms with Crippen molar-refractivity contribution < 1.29 is 0 Å². The highest BCUT2D eigenvalue weighted by molar-refractivity contribution is 5.55. The summed E-state index contributed by atoms with van der Waals surface area (Å²) in [5, 5.41) is 3.52. The van der Waals surface area contributed by atoms with Gasteiger partial charge in [-0.05, 0) is 43.9 Å². The summed E-state index contributed by atoms with van der Waals surface area (Å²) in [6, 6.07) is 9.69. The van der Waals surface area contributed by atoms with Crippen molar-refractivity contribution in [1.82, 2.24) is 5.32 Å². The van der Waals surface area contributed by atoms with Crippen LogP contribution < -0.4 is 10.2 Å². The van der Waals surface area contributed by atoms with Crippen LogP contribution in [0.5, 0.6) is 0 Å². The molecule has 1 N–H and O–H groups in total. The minimum absolute atomic E-state index is 0.803. The monoisotopic (exact) mass is 246 g/mol. The molecule has 0 unspecified atom stereocenters. The van der Waals surface area contributed by atoms with E-state index >= 15 is 0 Å². The summed E-state index contributed by atoms with van der Waals surface area (Å²) >= 11 is 0. The lowest BCUT2D eigenvalue weighted by atomic mass is 10.1. The van der Waals surface area contributed by atoms with Crippen LogP contribution in [-0.4, -0.2) is 19.1 Å². The van der Waals surface area contributed by atoms with E-state index in [0.29, 0.717) is 0 Å². The van der Waals surface area contributed by atoms with E-state index in [1.165, 1.54) is 43.5 Å². The Morgan fingerprint density at radius 2 is 1.94 bits per heavy atom. The van der Waals surface area contributed by atoms with Gasteiger partial charge in [0.25, 0.3) is 0 Å². The lowest BCUT2D eigenvalue weighted by Crippen LogP contribution is -2.28. The van der Waals surface area contributed by atoms with Gasteiger partial charge in [0.2, 0.25) is 0 Å². The Hall–Kier alpha value is -1.02. The Kier molecular flexibility index (Phi) is 5.06. The van der Waals surface area contributed by atoms with Crippen LogP contribution in [0.3, 0.4) is 0 Å². The molecule has 0 radical (unpaired) electrons. The third-order valence-corrected chi connectivity index (χ3v) is 3.50. The average molecular weight is 246 g/mol. The van der Waals surface area contributed by atoms with Crippen LogP contribution in [0, 0.1) is 0 Å². The molecule has 1 aliphatic carbocycles. The van der Waals surface area contributed by atoms with Crippen LogP contribution in [0.15, 0.2) is 24.3 Å². The Balaban J connectivity index is 2.08. The quantitative estimate of drug-likeness (QED) is 0.706. The van der Waals surface area contributed by atoms with Gasteiger partial charge in [0.1, 0.15) is 0 Å². The molecule has 1 fully saturated rings. The fourth-order valence-corrected chi connectivity index (χ4v) is 2.47. The Morgan fingerprint density at radius 1 is 1.17 bits per heavy atom. The molecule has 0 spiro atoms. The van der Waals surface area contributed by atoms with Crippen molar-refractivity contribution in [2.24, 2.45) is 0 Å². The van der Waals surface area contributed by atoms with E-state index in [0.717, 1.165) is 19.1 Å². The maximum Gasteiger partial charge on any atom is 0.0414 e. The summed E-state index contributed by atoms with van der Waals surface area (Å²) in [4.78, 5) is 2.61. The molecule has 1 aromatic rings. The van der Waals surface area contributed by atoms with E-state index in [4.69, 9.17) is 0 Å². The molecule has 0 aromatic heterocycles.